The van der Waals surface area contributed by atoms with Crippen LogP contribution >= 0.6 is 23.1 Å². The highest BCUT2D eigenvalue weighted by Gasteiger charge is 2.25. The van der Waals surface area contributed by atoms with Crippen LogP contribution in [0.3, 0.4) is 0 Å². The predicted molar refractivity (Wildman–Crippen MR) is 127 cm³/mol. The molecule has 1 amide bonds. The summed E-state index contributed by atoms with van der Waals surface area (Å²) in [6, 6.07) is 13.2. The summed E-state index contributed by atoms with van der Waals surface area (Å²) in [7, 11) is 0. The second-order valence-corrected chi connectivity index (χ2v) is 9.20. The molecule has 0 bridgehead atoms. The third kappa shape index (κ3) is 5.35. The largest absolute Gasteiger partial charge is 0.467 e. The Balaban J connectivity index is 1.51. The highest BCUT2D eigenvalue weighted by molar-refractivity contribution is 8.00. The summed E-state index contributed by atoms with van der Waals surface area (Å²) in [5, 5.41) is 13.4. The summed E-state index contributed by atoms with van der Waals surface area (Å²) in [6.07, 6.45) is 3.20. The molecule has 1 aromatic carbocycles. The Kier molecular flexibility index (Phi) is 7.26. The highest BCUT2D eigenvalue weighted by atomic mass is 32.2. The Morgan fingerprint density at radius 2 is 2.06 bits per heavy atom. The first-order valence-electron chi connectivity index (χ1n) is 10.3. The third-order valence-corrected chi connectivity index (χ3v) is 6.72. The number of nitrogens with one attached hydrogen (secondary N) is 1. The lowest BCUT2D eigenvalue weighted by atomic mass is 10.0. The molecule has 1 atom stereocenters. The van der Waals surface area contributed by atoms with Crippen LogP contribution in [0.2, 0.25) is 0 Å². The molecule has 10 heteroatoms. The Hall–Kier alpha value is -3.37. The number of rotatable bonds is 9. The van der Waals surface area contributed by atoms with E-state index < -0.39 is 11.2 Å². The molecule has 170 valence electrons. The molecule has 0 aliphatic rings. The van der Waals surface area contributed by atoms with Gasteiger partial charge in [0.1, 0.15) is 22.7 Å². The number of thioether (sulfide) groups is 1. The van der Waals surface area contributed by atoms with E-state index in [9.17, 15) is 9.59 Å². The standard InChI is InChI=1S/C23H22N4O4S2/c1-3-30-22(29)19-18(16-8-5-4-6-9-16)13-32-21(19)25-20(28)15(2)33-23-26-24-14-27(23)12-17-10-7-11-31-17/h4-11,13-15H,3,12H2,1-2H3,(H,25,28). The van der Waals surface area contributed by atoms with E-state index in [0.29, 0.717) is 22.3 Å². The SMILES string of the molecule is CCOC(=O)c1c(-c2ccccc2)csc1NC(=O)C(C)Sc1nncn1Cc1ccco1. The van der Waals surface area contributed by atoms with Crippen LogP contribution in [0, 0.1) is 0 Å². The number of carbonyl (C=O) groups excluding carboxylic acids is 2. The smallest absolute Gasteiger partial charge is 0.341 e. The molecule has 0 aliphatic heterocycles. The molecule has 1 N–H and O–H groups in total. The number of aromatic nitrogens is 3. The molecule has 0 saturated carbocycles. The van der Waals surface area contributed by atoms with Crippen LogP contribution < -0.4 is 5.32 Å². The van der Waals surface area contributed by atoms with Gasteiger partial charge in [-0.2, -0.15) is 0 Å². The zero-order valence-corrected chi connectivity index (χ0v) is 19.7. The number of hydrogen-bond acceptors (Lipinski definition) is 8. The van der Waals surface area contributed by atoms with Crippen LogP contribution in [0.15, 0.2) is 70.0 Å². The second-order valence-electron chi connectivity index (χ2n) is 7.01. The van der Waals surface area contributed by atoms with Gasteiger partial charge in [-0.05, 0) is 31.5 Å². The normalized spacial score (nSPS) is 11.8. The van der Waals surface area contributed by atoms with Crippen molar-refractivity contribution in [2.24, 2.45) is 0 Å². The number of thiophene rings is 1. The number of ether oxygens (including phenoxy) is 1. The van der Waals surface area contributed by atoms with Gasteiger partial charge in [0.15, 0.2) is 5.16 Å². The first kappa shape index (κ1) is 22.8. The molecule has 0 radical (unpaired) electrons. The fraction of sp³-hybridized carbons (Fsp3) is 0.217. The summed E-state index contributed by atoms with van der Waals surface area (Å²) in [5.41, 5.74) is 1.97. The Labute approximate surface area is 199 Å². The van der Waals surface area contributed by atoms with Crippen molar-refractivity contribution >= 4 is 40.0 Å². The lowest BCUT2D eigenvalue weighted by Crippen LogP contribution is -2.23. The van der Waals surface area contributed by atoms with Gasteiger partial charge in [0, 0.05) is 10.9 Å². The number of esters is 1. The fourth-order valence-corrected chi connectivity index (χ4v) is 4.91. The maximum absolute atomic E-state index is 13.0. The molecule has 0 saturated heterocycles. The third-order valence-electron chi connectivity index (χ3n) is 4.73. The molecule has 0 fully saturated rings. The van der Waals surface area contributed by atoms with Crippen molar-refractivity contribution in [1.29, 1.82) is 0 Å². The molecule has 1 unspecified atom stereocenters. The molecule has 4 rings (SSSR count). The van der Waals surface area contributed by atoms with Gasteiger partial charge in [0.2, 0.25) is 5.91 Å². The fourth-order valence-electron chi connectivity index (χ4n) is 3.13. The summed E-state index contributed by atoms with van der Waals surface area (Å²) < 4.78 is 12.5. The maximum Gasteiger partial charge on any atom is 0.341 e. The predicted octanol–water partition coefficient (Wildman–Crippen LogP) is 4.94. The molecule has 4 aromatic rings. The zero-order chi connectivity index (χ0) is 23.2. The quantitative estimate of drug-likeness (QED) is 0.266. The van der Waals surface area contributed by atoms with E-state index in [1.807, 2.05) is 52.4 Å². The minimum atomic E-state index is -0.484. The van der Waals surface area contributed by atoms with Crippen LogP contribution in [0.4, 0.5) is 5.00 Å². The minimum Gasteiger partial charge on any atom is -0.467 e. The van der Waals surface area contributed by atoms with Gasteiger partial charge < -0.3 is 19.0 Å². The van der Waals surface area contributed by atoms with E-state index in [1.54, 1.807) is 26.4 Å². The second kappa shape index (κ2) is 10.5. The first-order valence-corrected chi connectivity index (χ1v) is 12.0. The highest BCUT2D eigenvalue weighted by Crippen LogP contribution is 2.36. The number of anilines is 1. The Morgan fingerprint density at radius 1 is 1.24 bits per heavy atom. The molecule has 33 heavy (non-hydrogen) atoms. The van der Waals surface area contributed by atoms with Crippen LogP contribution in [0.5, 0.6) is 0 Å². The number of furan rings is 1. The average molecular weight is 483 g/mol. The average Bonchev–Trinajstić information content (AvgIpc) is 3.57. The first-order chi connectivity index (χ1) is 16.1. The number of carbonyl (C=O) groups is 2. The molecule has 0 spiro atoms. The van der Waals surface area contributed by atoms with Crippen molar-refractivity contribution in [3.63, 3.8) is 0 Å². The summed E-state index contributed by atoms with van der Waals surface area (Å²) in [5.74, 6) is 0.0471. The Bertz CT molecular complexity index is 1220. The van der Waals surface area contributed by atoms with Gasteiger partial charge in [-0.25, -0.2) is 4.79 Å². The van der Waals surface area contributed by atoms with Gasteiger partial charge in [0.05, 0.1) is 24.7 Å². The number of amides is 1. The molecule has 3 aromatic heterocycles. The number of benzene rings is 1. The van der Waals surface area contributed by atoms with E-state index in [2.05, 4.69) is 15.5 Å². The van der Waals surface area contributed by atoms with E-state index in [0.717, 1.165) is 16.9 Å². The van der Waals surface area contributed by atoms with Crippen LogP contribution in [0.1, 0.15) is 30.0 Å². The zero-order valence-electron chi connectivity index (χ0n) is 18.1. The minimum absolute atomic E-state index is 0.244. The maximum atomic E-state index is 13.0. The van der Waals surface area contributed by atoms with Crippen molar-refractivity contribution < 1.29 is 18.7 Å². The van der Waals surface area contributed by atoms with Crippen molar-refractivity contribution in [2.45, 2.75) is 30.8 Å². The van der Waals surface area contributed by atoms with Crippen molar-refractivity contribution in [3.8, 4) is 11.1 Å². The van der Waals surface area contributed by atoms with Crippen LogP contribution in [-0.4, -0.2) is 38.5 Å². The van der Waals surface area contributed by atoms with Gasteiger partial charge in [-0.3, -0.25) is 4.79 Å². The summed E-state index contributed by atoms with van der Waals surface area (Å²) in [6.45, 7) is 4.24. The number of nitrogens with zero attached hydrogens (tertiary/aromatic N) is 3. The molecule has 8 nitrogen and oxygen atoms in total. The molecular weight excluding hydrogens is 460 g/mol. The van der Waals surface area contributed by atoms with Gasteiger partial charge in [-0.1, -0.05) is 42.1 Å². The summed E-state index contributed by atoms with van der Waals surface area (Å²) >= 11 is 2.58. The van der Waals surface area contributed by atoms with E-state index in [4.69, 9.17) is 9.15 Å². The van der Waals surface area contributed by atoms with E-state index in [-0.39, 0.29) is 12.5 Å². The van der Waals surface area contributed by atoms with Crippen LogP contribution in [0.25, 0.3) is 11.1 Å². The molecule has 3 heterocycles. The lowest BCUT2D eigenvalue weighted by molar-refractivity contribution is -0.115. The molecule has 0 aliphatic carbocycles. The number of hydrogen-bond donors (Lipinski definition) is 1. The van der Waals surface area contributed by atoms with Crippen LogP contribution in [-0.2, 0) is 16.1 Å². The van der Waals surface area contributed by atoms with Gasteiger partial charge >= 0.3 is 5.97 Å². The summed E-state index contributed by atoms with van der Waals surface area (Å²) in [4.78, 5) is 25.7. The van der Waals surface area contributed by atoms with Crippen molar-refractivity contribution in [2.75, 3.05) is 11.9 Å². The van der Waals surface area contributed by atoms with E-state index >= 15 is 0 Å². The van der Waals surface area contributed by atoms with Crippen molar-refractivity contribution in [3.05, 3.63) is 71.8 Å². The van der Waals surface area contributed by atoms with Gasteiger partial charge in [-0.15, -0.1) is 21.5 Å². The Morgan fingerprint density at radius 3 is 2.79 bits per heavy atom. The van der Waals surface area contributed by atoms with Gasteiger partial charge in [0.25, 0.3) is 0 Å². The monoisotopic (exact) mass is 482 g/mol. The topological polar surface area (TPSA) is 99.2 Å². The van der Waals surface area contributed by atoms with E-state index in [1.165, 1.54) is 23.1 Å². The molecular formula is C23H22N4O4S2. The lowest BCUT2D eigenvalue weighted by Gasteiger charge is -2.13. The van der Waals surface area contributed by atoms with Crippen molar-refractivity contribution in [1.82, 2.24) is 14.8 Å².